The molecule has 2 aromatic carbocycles. The Balaban J connectivity index is 2.00. The van der Waals surface area contributed by atoms with Crippen molar-refractivity contribution >= 4 is 39.4 Å². The van der Waals surface area contributed by atoms with Crippen molar-refractivity contribution in [2.24, 2.45) is 0 Å². The monoisotopic (exact) mass is 367 g/mol. The molecule has 0 aliphatic rings. The maximum absolute atomic E-state index is 11.8. The third kappa shape index (κ3) is 2.57. The van der Waals surface area contributed by atoms with E-state index >= 15 is 0 Å². The number of pyridine rings is 1. The molecule has 6 heteroatoms. The molecule has 0 aliphatic carbocycles. The number of fused-ring (bicyclic) bond motifs is 2. The molecule has 5 nitrogen and oxygen atoms in total. The Kier molecular flexibility index (Phi) is 3.81. The van der Waals surface area contributed by atoms with Gasteiger partial charge in [-0.2, -0.15) is 0 Å². The lowest BCUT2D eigenvalue weighted by molar-refractivity contribution is 0.0699. The zero-order chi connectivity index (χ0) is 18.4. The Morgan fingerprint density at radius 2 is 2.00 bits per heavy atom. The first-order valence-electron chi connectivity index (χ1n) is 7.89. The number of nitrogens with zero attached hydrogens (tertiary/aromatic N) is 1. The van der Waals surface area contributed by atoms with E-state index in [2.05, 4.69) is 4.98 Å². The topological polar surface area (TPSA) is 72.6 Å². The van der Waals surface area contributed by atoms with E-state index < -0.39 is 5.97 Å². The molecule has 0 saturated carbocycles. The van der Waals surface area contributed by atoms with Crippen LogP contribution in [0.25, 0.3) is 33.3 Å². The number of hydrogen-bond donors (Lipinski definition) is 1. The van der Waals surface area contributed by atoms with Crippen LogP contribution in [0.1, 0.15) is 15.9 Å². The number of carboxylic acids is 1. The van der Waals surface area contributed by atoms with Crippen molar-refractivity contribution in [1.82, 2.24) is 4.98 Å². The Bertz CT molecular complexity index is 1180. The number of ether oxygens (including phenoxy) is 1. The SMILES string of the molecule is COc1ccc2oc(-c3cc(C(=O)O)c4c(Cl)ccc(C)c4n3)cc2c1. The Labute approximate surface area is 153 Å². The highest BCUT2D eigenvalue weighted by atomic mass is 35.5. The smallest absolute Gasteiger partial charge is 0.336 e. The number of aryl methyl sites for hydroxylation is 1. The molecular weight excluding hydrogens is 354 g/mol. The third-order valence-electron chi connectivity index (χ3n) is 4.32. The van der Waals surface area contributed by atoms with Gasteiger partial charge in [0.2, 0.25) is 0 Å². The molecule has 130 valence electrons. The minimum absolute atomic E-state index is 0.0942. The number of furan rings is 1. The fourth-order valence-corrected chi connectivity index (χ4v) is 3.26. The zero-order valence-corrected chi connectivity index (χ0v) is 14.8. The van der Waals surface area contributed by atoms with Gasteiger partial charge in [0.05, 0.1) is 23.2 Å². The predicted octanol–water partition coefficient (Wildman–Crippen LogP) is 5.32. The molecule has 4 rings (SSSR count). The van der Waals surface area contributed by atoms with Gasteiger partial charge >= 0.3 is 5.97 Å². The van der Waals surface area contributed by atoms with Gasteiger partial charge in [0.1, 0.15) is 17.0 Å². The van der Waals surface area contributed by atoms with Crippen molar-refractivity contribution in [3.05, 3.63) is 58.6 Å². The predicted molar refractivity (Wildman–Crippen MR) is 100 cm³/mol. The van der Waals surface area contributed by atoms with E-state index in [9.17, 15) is 9.90 Å². The van der Waals surface area contributed by atoms with Crippen molar-refractivity contribution < 1.29 is 19.1 Å². The van der Waals surface area contributed by atoms with Gasteiger partial charge in [-0.3, -0.25) is 0 Å². The maximum Gasteiger partial charge on any atom is 0.336 e. The standard InChI is InChI=1S/C20H14ClNO4/c1-10-3-5-14(21)18-13(20(23)24)9-15(22-19(10)18)17-8-11-7-12(25-2)4-6-16(11)26-17/h3-9H,1-2H3,(H,23,24). The van der Waals surface area contributed by atoms with Crippen LogP contribution in [0.5, 0.6) is 5.75 Å². The molecule has 0 spiro atoms. The number of methoxy groups -OCH3 is 1. The quantitative estimate of drug-likeness (QED) is 0.530. The van der Waals surface area contributed by atoms with Crippen molar-refractivity contribution in [3.8, 4) is 17.2 Å². The molecule has 1 N–H and O–H groups in total. The number of carbonyl (C=O) groups is 1. The molecule has 0 radical (unpaired) electrons. The molecule has 0 fully saturated rings. The van der Waals surface area contributed by atoms with E-state index in [1.54, 1.807) is 25.3 Å². The van der Waals surface area contributed by atoms with E-state index in [-0.39, 0.29) is 5.56 Å². The molecule has 2 aromatic heterocycles. The van der Waals surface area contributed by atoms with Crippen LogP contribution in [0.15, 0.2) is 46.9 Å². The molecule has 0 unspecified atom stereocenters. The summed E-state index contributed by atoms with van der Waals surface area (Å²) in [5.74, 6) is 0.131. The Hall–Kier alpha value is -3.05. The van der Waals surface area contributed by atoms with Crippen molar-refractivity contribution in [1.29, 1.82) is 0 Å². The van der Waals surface area contributed by atoms with Crippen LogP contribution < -0.4 is 4.74 Å². The van der Waals surface area contributed by atoms with Gasteiger partial charge < -0.3 is 14.3 Å². The van der Waals surface area contributed by atoms with Gasteiger partial charge in [0, 0.05) is 10.8 Å². The van der Waals surface area contributed by atoms with Crippen LogP contribution in [0.3, 0.4) is 0 Å². The summed E-state index contributed by atoms with van der Waals surface area (Å²) in [6, 6.07) is 12.3. The lowest BCUT2D eigenvalue weighted by atomic mass is 10.0. The third-order valence-corrected chi connectivity index (χ3v) is 4.63. The van der Waals surface area contributed by atoms with Crippen molar-refractivity contribution in [2.75, 3.05) is 7.11 Å². The van der Waals surface area contributed by atoms with Gasteiger partial charge in [-0.1, -0.05) is 17.7 Å². The second-order valence-electron chi connectivity index (χ2n) is 5.96. The Morgan fingerprint density at radius 3 is 2.73 bits per heavy atom. The van der Waals surface area contributed by atoms with Crippen molar-refractivity contribution in [2.45, 2.75) is 6.92 Å². The van der Waals surface area contributed by atoms with Crippen LogP contribution in [-0.4, -0.2) is 23.2 Å². The van der Waals surface area contributed by atoms with Gasteiger partial charge in [0.25, 0.3) is 0 Å². The summed E-state index contributed by atoms with van der Waals surface area (Å²) < 4.78 is 11.1. The van der Waals surface area contributed by atoms with Crippen LogP contribution in [0.4, 0.5) is 0 Å². The molecule has 2 heterocycles. The van der Waals surface area contributed by atoms with Crippen LogP contribution >= 0.6 is 11.6 Å². The normalized spacial score (nSPS) is 11.2. The summed E-state index contributed by atoms with van der Waals surface area (Å²) in [7, 11) is 1.60. The summed E-state index contributed by atoms with van der Waals surface area (Å²) >= 11 is 6.23. The number of halogens is 1. The molecule has 0 amide bonds. The number of aromatic carboxylic acids is 1. The molecule has 26 heavy (non-hydrogen) atoms. The average molecular weight is 368 g/mol. The van der Waals surface area contributed by atoms with E-state index in [1.807, 2.05) is 25.1 Å². The fourth-order valence-electron chi connectivity index (χ4n) is 3.00. The minimum atomic E-state index is -1.07. The molecule has 0 bridgehead atoms. The van der Waals surface area contributed by atoms with E-state index in [1.165, 1.54) is 6.07 Å². The zero-order valence-electron chi connectivity index (χ0n) is 14.0. The van der Waals surface area contributed by atoms with Crippen LogP contribution in [-0.2, 0) is 0 Å². The number of carboxylic acid groups (broad SMARTS) is 1. The minimum Gasteiger partial charge on any atom is -0.497 e. The highest BCUT2D eigenvalue weighted by Gasteiger charge is 2.18. The van der Waals surface area contributed by atoms with Crippen LogP contribution in [0.2, 0.25) is 5.02 Å². The van der Waals surface area contributed by atoms with E-state index in [0.29, 0.717) is 38.7 Å². The second kappa shape index (κ2) is 6.04. The molecular formula is C20H14ClNO4. The number of hydrogen-bond acceptors (Lipinski definition) is 4. The summed E-state index contributed by atoms with van der Waals surface area (Å²) in [4.78, 5) is 16.4. The van der Waals surface area contributed by atoms with E-state index in [4.69, 9.17) is 20.8 Å². The van der Waals surface area contributed by atoms with Crippen LogP contribution in [0, 0.1) is 6.92 Å². The lowest BCUT2D eigenvalue weighted by Crippen LogP contribution is -2.01. The molecule has 4 aromatic rings. The van der Waals surface area contributed by atoms with Gasteiger partial charge in [0.15, 0.2) is 5.76 Å². The first kappa shape index (κ1) is 16.4. The average Bonchev–Trinajstić information content (AvgIpc) is 3.07. The molecule has 0 atom stereocenters. The van der Waals surface area contributed by atoms with E-state index in [0.717, 1.165) is 10.9 Å². The number of aromatic nitrogens is 1. The first-order chi connectivity index (χ1) is 12.5. The largest absolute Gasteiger partial charge is 0.497 e. The Morgan fingerprint density at radius 1 is 1.19 bits per heavy atom. The molecule has 0 saturated heterocycles. The second-order valence-corrected chi connectivity index (χ2v) is 6.37. The fraction of sp³-hybridized carbons (Fsp3) is 0.100. The summed E-state index contributed by atoms with van der Waals surface area (Å²) in [5.41, 5.74) is 2.59. The summed E-state index contributed by atoms with van der Waals surface area (Å²) in [6.45, 7) is 1.87. The first-order valence-corrected chi connectivity index (χ1v) is 8.27. The molecule has 0 aliphatic heterocycles. The summed E-state index contributed by atoms with van der Waals surface area (Å²) in [5, 5.41) is 11.3. The lowest BCUT2D eigenvalue weighted by Gasteiger charge is -2.09. The van der Waals surface area contributed by atoms with Gasteiger partial charge in [-0.15, -0.1) is 0 Å². The summed E-state index contributed by atoms with van der Waals surface area (Å²) in [6.07, 6.45) is 0. The highest BCUT2D eigenvalue weighted by molar-refractivity contribution is 6.36. The van der Waals surface area contributed by atoms with Gasteiger partial charge in [-0.25, -0.2) is 9.78 Å². The van der Waals surface area contributed by atoms with Crippen molar-refractivity contribution in [3.63, 3.8) is 0 Å². The van der Waals surface area contributed by atoms with Gasteiger partial charge in [-0.05, 0) is 48.9 Å². The number of rotatable bonds is 3. The maximum atomic E-state index is 11.8. The highest BCUT2D eigenvalue weighted by Crippen LogP contribution is 2.34. The number of benzene rings is 2.